The van der Waals surface area contributed by atoms with E-state index in [1.165, 1.54) is 0 Å². The van der Waals surface area contributed by atoms with Crippen molar-refractivity contribution in [3.63, 3.8) is 0 Å². The Morgan fingerprint density at radius 3 is 2.54 bits per heavy atom. The summed E-state index contributed by atoms with van der Waals surface area (Å²) < 4.78 is 67.5. The van der Waals surface area contributed by atoms with Crippen LogP contribution in [0.1, 0.15) is 11.3 Å². The molecule has 0 saturated carbocycles. The number of hydrogen-bond acceptors (Lipinski definition) is 5. The maximum atomic E-state index is 12.5. The highest BCUT2D eigenvalue weighted by atomic mass is 35.5. The molecule has 5 nitrogen and oxygen atoms in total. The zero-order valence-corrected chi connectivity index (χ0v) is 14.4. The summed E-state index contributed by atoms with van der Waals surface area (Å²) in [5.74, 6) is -0.381. The Balaban J connectivity index is 1.82. The van der Waals surface area contributed by atoms with Gasteiger partial charge in [0.25, 0.3) is 0 Å². The van der Waals surface area contributed by atoms with Crippen molar-refractivity contribution in [2.75, 3.05) is 0 Å². The number of pyridine rings is 1. The molecule has 2 heterocycles. The minimum absolute atomic E-state index is 0.0988. The molecule has 0 aliphatic rings. The number of oxazole rings is 1. The summed E-state index contributed by atoms with van der Waals surface area (Å²) in [6.45, 7) is 0. The molecule has 0 N–H and O–H groups in total. The second-order valence-electron chi connectivity index (χ2n) is 5.30. The monoisotopic (exact) mass is 402 g/mol. The van der Waals surface area contributed by atoms with Crippen LogP contribution in [0.2, 0.25) is 5.02 Å². The van der Waals surface area contributed by atoms with Gasteiger partial charge < -0.3 is 4.42 Å². The van der Waals surface area contributed by atoms with Crippen LogP contribution >= 0.6 is 11.6 Å². The number of aromatic nitrogens is 2. The van der Waals surface area contributed by atoms with E-state index in [1.54, 1.807) is 24.3 Å². The molecule has 1 aromatic carbocycles. The fourth-order valence-electron chi connectivity index (χ4n) is 2.13. The molecule has 3 aromatic rings. The van der Waals surface area contributed by atoms with Crippen LogP contribution in [0.4, 0.5) is 13.2 Å². The molecule has 0 atom stereocenters. The van der Waals surface area contributed by atoms with E-state index in [0.717, 1.165) is 12.3 Å². The van der Waals surface area contributed by atoms with Crippen LogP contribution in [0.5, 0.6) is 0 Å². The lowest BCUT2D eigenvalue weighted by atomic mass is 10.2. The Morgan fingerprint density at radius 2 is 1.92 bits per heavy atom. The number of benzene rings is 1. The average Bonchev–Trinajstić information content (AvgIpc) is 3.02. The van der Waals surface area contributed by atoms with E-state index >= 15 is 0 Å². The van der Waals surface area contributed by atoms with Crippen molar-refractivity contribution in [1.82, 2.24) is 9.97 Å². The number of hydrogen-bond donors (Lipinski definition) is 0. The number of sulfone groups is 1. The van der Waals surface area contributed by atoms with Gasteiger partial charge in [0.1, 0.15) is 12.0 Å². The zero-order chi connectivity index (χ0) is 18.9. The molecule has 0 spiro atoms. The van der Waals surface area contributed by atoms with E-state index < -0.39 is 32.4 Å². The van der Waals surface area contributed by atoms with Gasteiger partial charge in [-0.15, -0.1) is 0 Å². The molecule has 0 fully saturated rings. The van der Waals surface area contributed by atoms with Crippen LogP contribution in [0.25, 0.3) is 11.5 Å². The van der Waals surface area contributed by atoms with Crippen molar-refractivity contribution in [3.05, 3.63) is 65.1 Å². The summed E-state index contributed by atoms with van der Waals surface area (Å²) in [6.07, 6.45) is -2.95. The van der Waals surface area contributed by atoms with E-state index in [-0.39, 0.29) is 11.6 Å². The van der Waals surface area contributed by atoms with Crippen molar-refractivity contribution in [1.29, 1.82) is 0 Å². The van der Waals surface area contributed by atoms with Crippen LogP contribution in [0, 0.1) is 0 Å². The Bertz CT molecular complexity index is 1030. The molecule has 0 aliphatic carbocycles. The summed E-state index contributed by atoms with van der Waals surface area (Å²) in [6, 6.07) is 8.12. The molecule has 0 radical (unpaired) electrons. The number of rotatable bonds is 4. The third-order valence-corrected chi connectivity index (χ3v) is 5.13. The standard InChI is InChI=1S/C16H10ClF3N2O3S/c17-12-3-1-2-10(6-12)15-22-13(8-25-15)9-26(23,24)14-5-4-11(7-21-14)16(18,19)20/h1-8H,9H2. The van der Waals surface area contributed by atoms with E-state index in [4.69, 9.17) is 16.0 Å². The van der Waals surface area contributed by atoms with E-state index in [9.17, 15) is 21.6 Å². The molecule has 0 aliphatic heterocycles. The Kier molecular flexibility index (Phi) is 4.76. The van der Waals surface area contributed by atoms with E-state index in [0.29, 0.717) is 22.8 Å². The van der Waals surface area contributed by atoms with Gasteiger partial charge in [-0.05, 0) is 30.3 Å². The first-order chi connectivity index (χ1) is 12.1. The quantitative estimate of drug-likeness (QED) is 0.647. The third kappa shape index (κ3) is 4.05. The Labute approximate surface area is 151 Å². The highest BCUT2D eigenvalue weighted by molar-refractivity contribution is 7.90. The van der Waals surface area contributed by atoms with Gasteiger partial charge in [0, 0.05) is 16.8 Å². The average molecular weight is 403 g/mol. The smallest absolute Gasteiger partial charge is 0.417 e. The second kappa shape index (κ2) is 6.73. The largest absolute Gasteiger partial charge is 0.444 e. The summed E-state index contributed by atoms with van der Waals surface area (Å²) in [5.41, 5.74) is -0.364. The van der Waals surface area contributed by atoms with Crippen molar-refractivity contribution in [2.45, 2.75) is 17.0 Å². The lowest BCUT2D eigenvalue weighted by Gasteiger charge is -2.06. The Morgan fingerprint density at radius 1 is 1.15 bits per heavy atom. The molecule has 0 unspecified atom stereocenters. The van der Waals surface area contributed by atoms with Crippen LogP contribution in [0.3, 0.4) is 0 Å². The summed E-state index contributed by atoms with van der Waals surface area (Å²) in [7, 11) is -3.98. The van der Waals surface area contributed by atoms with Gasteiger partial charge in [-0.3, -0.25) is 0 Å². The number of nitrogens with zero attached hydrogens (tertiary/aromatic N) is 2. The van der Waals surface area contributed by atoms with Crippen LogP contribution in [-0.4, -0.2) is 18.4 Å². The molecular formula is C16H10ClF3N2O3S. The van der Waals surface area contributed by atoms with Gasteiger partial charge in [0.05, 0.1) is 11.3 Å². The molecule has 2 aromatic heterocycles. The maximum Gasteiger partial charge on any atom is 0.417 e. The minimum atomic E-state index is -4.59. The van der Waals surface area contributed by atoms with Crippen molar-refractivity contribution >= 4 is 21.4 Å². The molecule has 0 bridgehead atoms. The van der Waals surface area contributed by atoms with Gasteiger partial charge in [-0.2, -0.15) is 13.2 Å². The zero-order valence-electron chi connectivity index (χ0n) is 12.9. The molecule has 0 amide bonds. The number of halogens is 4. The Hall–Kier alpha value is -2.39. The summed E-state index contributed by atoms with van der Waals surface area (Å²) in [4.78, 5) is 7.48. The highest BCUT2D eigenvalue weighted by Crippen LogP contribution is 2.29. The van der Waals surface area contributed by atoms with E-state index in [2.05, 4.69) is 9.97 Å². The molecular weight excluding hydrogens is 393 g/mol. The molecule has 0 saturated heterocycles. The fraction of sp³-hybridized carbons (Fsp3) is 0.125. The van der Waals surface area contributed by atoms with Gasteiger partial charge in [-0.1, -0.05) is 17.7 Å². The van der Waals surface area contributed by atoms with Gasteiger partial charge in [0.2, 0.25) is 15.7 Å². The van der Waals surface area contributed by atoms with Crippen LogP contribution in [0.15, 0.2) is 58.3 Å². The third-order valence-electron chi connectivity index (χ3n) is 3.34. The van der Waals surface area contributed by atoms with Crippen molar-refractivity contribution in [3.8, 4) is 11.5 Å². The van der Waals surface area contributed by atoms with E-state index in [1.807, 2.05) is 0 Å². The van der Waals surface area contributed by atoms with Gasteiger partial charge in [-0.25, -0.2) is 18.4 Å². The predicted octanol–water partition coefficient (Wildman–Crippen LogP) is 4.38. The van der Waals surface area contributed by atoms with Crippen molar-refractivity contribution in [2.24, 2.45) is 0 Å². The van der Waals surface area contributed by atoms with Crippen molar-refractivity contribution < 1.29 is 26.0 Å². The summed E-state index contributed by atoms with van der Waals surface area (Å²) >= 11 is 5.88. The van der Waals surface area contributed by atoms with Gasteiger partial charge in [0.15, 0.2) is 5.03 Å². The molecule has 10 heteroatoms. The molecule has 3 rings (SSSR count). The predicted molar refractivity (Wildman–Crippen MR) is 87.1 cm³/mol. The normalized spacial score (nSPS) is 12.3. The lowest BCUT2D eigenvalue weighted by molar-refractivity contribution is -0.137. The molecule has 26 heavy (non-hydrogen) atoms. The minimum Gasteiger partial charge on any atom is -0.444 e. The van der Waals surface area contributed by atoms with Crippen LogP contribution < -0.4 is 0 Å². The lowest BCUT2D eigenvalue weighted by Crippen LogP contribution is -2.10. The maximum absolute atomic E-state index is 12.5. The fourth-order valence-corrected chi connectivity index (χ4v) is 3.48. The SMILES string of the molecule is O=S(=O)(Cc1coc(-c2cccc(Cl)c2)n1)c1ccc(C(F)(F)F)cn1. The highest BCUT2D eigenvalue weighted by Gasteiger charge is 2.31. The second-order valence-corrected chi connectivity index (χ2v) is 7.67. The van der Waals surface area contributed by atoms with Gasteiger partial charge >= 0.3 is 6.18 Å². The first-order valence-corrected chi connectivity index (χ1v) is 9.14. The summed E-state index contributed by atoms with van der Waals surface area (Å²) in [5, 5.41) is -0.0124. The molecule has 136 valence electrons. The number of alkyl halides is 3. The first-order valence-electron chi connectivity index (χ1n) is 7.11. The van der Waals surface area contributed by atoms with Crippen LogP contribution in [-0.2, 0) is 21.8 Å². The topological polar surface area (TPSA) is 73.1 Å². The first kappa shape index (κ1) is 18.4.